The van der Waals surface area contributed by atoms with Crippen molar-refractivity contribution in [2.45, 2.75) is 37.1 Å². The number of para-hydroxylation sites is 1. The van der Waals surface area contributed by atoms with E-state index in [-0.39, 0.29) is 23.4 Å². The smallest absolute Gasteiger partial charge is 0.309 e. The Bertz CT molecular complexity index is 1270. The molecule has 0 N–H and O–H groups in total. The van der Waals surface area contributed by atoms with Crippen molar-refractivity contribution in [3.63, 3.8) is 0 Å². The molecule has 0 saturated carbocycles. The molecule has 0 bridgehead atoms. The molecule has 4 rings (SSSR count). The summed E-state index contributed by atoms with van der Waals surface area (Å²) in [7, 11) is 0. The lowest BCUT2D eigenvalue weighted by atomic mass is 9.97. The second kappa shape index (κ2) is 10.6. The Morgan fingerprint density at radius 1 is 1.18 bits per heavy atom. The van der Waals surface area contributed by atoms with Gasteiger partial charge < -0.3 is 9.64 Å². The summed E-state index contributed by atoms with van der Waals surface area (Å²) in [6.45, 7) is 4.96. The molecule has 1 amide bonds. The summed E-state index contributed by atoms with van der Waals surface area (Å²) >= 11 is 7.44. The number of aromatic nitrogens is 2. The molecule has 1 atom stereocenters. The minimum absolute atomic E-state index is 0.0487. The summed E-state index contributed by atoms with van der Waals surface area (Å²) in [5.41, 5.74) is 0.946. The first kappa shape index (κ1) is 24.3. The molecule has 1 aliphatic rings. The van der Waals surface area contributed by atoms with Crippen LogP contribution >= 0.6 is 23.4 Å². The molecular formula is C25H26ClN3O4S. The fourth-order valence-corrected chi connectivity index (χ4v) is 5.29. The number of benzene rings is 2. The lowest BCUT2D eigenvalue weighted by molar-refractivity contribution is -0.151. The number of carbonyl (C=O) groups excluding carboxylic acids is 2. The molecule has 3 aromatic rings. The van der Waals surface area contributed by atoms with Gasteiger partial charge in [0, 0.05) is 18.1 Å². The van der Waals surface area contributed by atoms with Gasteiger partial charge in [-0.3, -0.25) is 19.0 Å². The molecule has 1 saturated heterocycles. The molecular weight excluding hydrogens is 474 g/mol. The normalized spacial score (nSPS) is 15.3. The van der Waals surface area contributed by atoms with E-state index in [0.29, 0.717) is 59.3 Å². The van der Waals surface area contributed by atoms with Crippen LogP contribution in [0.4, 0.5) is 0 Å². The third-order valence-electron chi connectivity index (χ3n) is 5.87. The average molecular weight is 500 g/mol. The van der Waals surface area contributed by atoms with Crippen molar-refractivity contribution in [2.24, 2.45) is 5.92 Å². The van der Waals surface area contributed by atoms with Gasteiger partial charge in [-0.2, -0.15) is 0 Å². The third-order valence-corrected chi connectivity index (χ3v) is 7.14. The van der Waals surface area contributed by atoms with Gasteiger partial charge in [0.1, 0.15) is 0 Å². The molecule has 1 aromatic heterocycles. The van der Waals surface area contributed by atoms with E-state index in [0.717, 1.165) is 0 Å². The number of hydrogen-bond donors (Lipinski definition) is 0. The van der Waals surface area contributed by atoms with Crippen molar-refractivity contribution in [3.05, 3.63) is 63.9 Å². The van der Waals surface area contributed by atoms with E-state index in [2.05, 4.69) is 0 Å². The number of piperidine rings is 1. The molecule has 2 aromatic carbocycles. The first-order valence-corrected chi connectivity index (χ1v) is 12.5. The Morgan fingerprint density at radius 2 is 1.91 bits per heavy atom. The number of carbonyl (C=O) groups is 2. The highest BCUT2D eigenvalue weighted by molar-refractivity contribution is 8.00. The minimum Gasteiger partial charge on any atom is -0.466 e. The van der Waals surface area contributed by atoms with Gasteiger partial charge in [-0.25, -0.2) is 4.98 Å². The van der Waals surface area contributed by atoms with Crippen molar-refractivity contribution in [1.29, 1.82) is 0 Å². The fourth-order valence-electron chi connectivity index (χ4n) is 4.10. The van der Waals surface area contributed by atoms with Gasteiger partial charge in [0.05, 0.1) is 34.4 Å². The van der Waals surface area contributed by atoms with Gasteiger partial charge in [0.25, 0.3) is 5.56 Å². The summed E-state index contributed by atoms with van der Waals surface area (Å²) in [6, 6.07) is 14.2. The zero-order valence-corrected chi connectivity index (χ0v) is 20.6. The molecule has 34 heavy (non-hydrogen) atoms. The van der Waals surface area contributed by atoms with E-state index in [1.165, 1.54) is 16.3 Å². The zero-order valence-electron chi connectivity index (χ0n) is 19.1. The maximum absolute atomic E-state index is 13.4. The molecule has 0 spiro atoms. The Balaban J connectivity index is 1.59. The Kier molecular flexibility index (Phi) is 7.58. The van der Waals surface area contributed by atoms with Crippen molar-refractivity contribution in [1.82, 2.24) is 14.5 Å². The van der Waals surface area contributed by atoms with Crippen LogP contribution in [0.3, 0.4) is 0 Å². The highest BCUT2D eigenvalue weighted by Gasteiger charge is 2.31. The van der Waals surface area contributed by atoms with Crippen LogP contribution in [0.1, 0.15) is 26.7 Å². The Hall–Kier alpha value is -2.84. The predicted molar refractivity (Wildman–Crippen MR) is 134 cm³/mol. The lowest BCUT2D eigenvalue weighted by Gasteiger charge is -2.32. The first-order valence-electron chi connectivity index (χ1n) is 11.3. The predicted octanol–water partition coefficient (Wildman–Crippen LogP) is 4.32. The van der Waals surface area contributed by atoms with E-state index in [4.69, 9.17) is 21.3 Å². The number of halogens is 1. The molecule has 1 fully saturated rings. The largest absolute Gasteiger partial charge is 0.466 e. The van der Waals surface area contributed by atoms with E-state index in [9.17, 15) is 14.4 Å². The van der Waals surface area contributed by atoms with Gasteiger partial charge in [-0.1, -0.05) is 41.6 Å². The van der Waals surface area contributed by atoms with Crippen molar-refractivity contribution >= 4 is 46.1 Å². The second-order valence-corrected chi connectivity index (χ2v) is 9.89. The van der Waals surface area contributed by atoms with Crippen LogP contribution in [0.15, 0.2) is 58.5 Å². The maximum atomic E-state index is 13.4. The number of nitrogens with zero attached hydrogens (tertiary/aromatic N) is 3. The molecule has 1 aliphatic heterocycles. The summed E-state index contributed by atoms with van der Waals surface area (Å²) < 4.78 is 6.63. The highest BCUT2D eigenvalue weighted by Crippen LogP contribution is 2.28. The van der Waals surface area contributed by atoms with Crippen LogP contribution in [-0.2, 0) is 14.3 Å². The van der Waals surface area contributed by atoms with Gasteiger partial charge in [0.15, 0.2) is 5.16 Å². The molecule has 2 heterocycles. The van der Waals surface area contributed by atoms with E-state index >= 15 is 0 Å². The van der Waals surface area contributed by atoms with Crippen LogP contribution in [0, 0.1) is 5.92 Å². The summed E-state index contributed by atoms with van der Waals surface area (Å²) in [4.78, 5) is 45.1. The topological polar surface area (TPSA) is 81.5 Å². The summed E-state index contributed by atoms with van der Waals surface area (Å²) in [6.07, 6.45) is 1.17. The number of ether oxygens (including phenoxy) is 1. The van der Waals surface area contributed by atoms with Crippen LogP contribution in [0.25, 0.3) is 16.6 Å². The number of rotatable bonds is 6. The number of esters is 1. The van der Waals surface area contributed by atoms with Gasteiger partial charge >= 0.3 is 5.97 Å². The van der Waals surface area contributed by atoms with Crippen LogP contribution in [0.2, 0.25) is 5.02 Å². The van der Waals surface area contributed by atoms with E-state index < -0.39 is 5.25 Å². The van der Waals surface area contributed by atoms with E-state index in [1.807, 2.05) is 13.0 Å². The van der Waals surface area contributed by atoms with Crippen molar-refractivity contribution in [3.8, 4) is 5.69 Å². The van der Waals surface area contributed by atoms with Gasteiger partial charge in [-0.05, 0) is 57.0 Å². The van der Waals surface area contributed by atoms with Crippen LogP contribution < -0.4 is 5.56 Å². The van der Waals surface area contributed by atoms with Gasteiger partial charge in [0.2, 0.25) is 5.91 Å². The minimum atomic E-state index is -0.474. The molecule has 9 heteroatoms. The summed E-state index contributed by atoms with van der Waals surface area (Å²) in [5, 5.41) is 0.944. The quantitative estimate of drug-likeness (QED) is 0.285. The molecule has 0 radical (unpaired) electrons. The summed E-state index contributed by atoms with van der Waals surface area (Å²) in [5.74, 6) is -0.405. The first-order chi connectivity index (χ1) is 16.4. The Morgan fingerprint density at radius 3 is 2.62 bits per heavy atom. The third kappa shape index (κ3) is 5.13. The second-order valence-electron chi connectivity index (χ2n) is 8.14. The zero-order chi connectivity index (χ0) is 24.2. The van der Waals surface area contributed by atoms with Gasteiger partial charge in [-0.15, -0.1) is 0 Å². The average Bonchev–Trinajstić information content (AvgIpc) is 2.84. The number of fused-ring (bicyclic) bond motifs is 1. The standard InChI is InChI=1S/C25H26ClN3O4S/c1-3-33-24(32)17-11-13-28(14-12-17)22(30)16(2)34-25-27-21-10-5-4-9-20(21)23(31)29(25)19-8-6-7-18(26)15-19/h4-10,15-17H,3,11-14H2,1-2H3. The van der Waals surface area contributed by atoms with Crippen LogP contribution in [-0.4, -0.2) is 51.3 Å². The maximum Gasteiger partial charge on any atom is 0.309 e. The number of amides is 1. The molecule has 0 aliphatic carbocycles. The molecule has 178 valence electrons. The fraction of sp³-hybridized carbons (Fsp3) is 0.360. The number of likely N-dealkylation sites (tertiary alicyclic amines) is 1. The molecule has 1 unspecified atom stereocenters. The molecule has 7 nitrogen and oxygen atoms in total. The monoisotopic (exact) mass is 499 g/mol. The SMILES string of the molecule is CCOC(=O)C1CCN(C(=O)C(C)Sc2nc3ccccc3c(=O)n2-c2cccc(Cl)c2)CC1. The Labute approximate surface area is 207 Å². The lowest BCUT2D eigenvalue weighted by Crippen LogP contribution is -2.43. The van der Waals surface area contributed by atoms with E-state index in [1.54, 1.807) is 54.3 Å². The number of thioether (sulfide) groups is 1. The van der Waals surface area contributed by atoms with Crippen molar-refractivity contribution < 1.29 is 14.3 Å². The van der Waals surface area contributed by atoms with Crippen molar-refractivity contribution in [2.75, 3.05) is 19.7 Å². The van der Waals surface area contributed by atoms with Crippen LogP contribution in [0.5, 0.6) is 0 Å². The highest BCUT2D eigenvalue weighted by atomic mass is 35.5. The number of hydrogen-bond acceptors (Lipinski definition) is 6.